The lowest BCUT2D eigenvalue weighted by atomic mass is 10.1. The minimum absolute atomic E-state index is 0.196. The molecule has 1 unspecified atom stereocenters. The van der Waals surface area contributed by atoms with Crippen molar-refractivity contribution in [1.29, 1.82) is 0 Å². The third-order valence-electron chi connectivity index (χ3n) is 3.22. The molecule has 1 aromatic rings. The van der Waals surface area contributed by atoms with E-state index in [1.54, 1.807) is 4.68 Å². The van der Waals surface area contributed by atoms with Crippen LogP contribution in [0.5, 0.6) is 6.01 Å². The van der Waals surface area contributed by atoms with E-state index in [0.717, 1.165) is 6.42 Å². The lowest BCUT2D eigenvalue weighted by molar-refractivity contribution is 0.394. The first-order chi connectivity index (χ1) is 8.65. The van der Waals surface area contributed by atoms with Crippen LogP contribution in [0.4, 0.5) is 0 Å². The molecule has 0 fully saturated rings. The molecule has 0 aliphatic rings. The van der Waals surface area contributed by atoms with E-state index in [2.05, 4.69) is 23.9 Å². The minimum atomic E-state index is -0.244. The van der Waals surface area contributed by atoms with E-state index in [9.17, 15) is 0 Å². The number of nitrogens with zero attached hydrogens (tertiary/aromatic N) is 3. The third kappa shape index (κ3) is 5.25. The number of aromatic nitrogens is 3. The van der Waals surface area contributed by atoms with Crippen LogP contribution in [0.15, 0.2) is 0 Å². The summed E-state index contributed by atoms with van der Waals surface area (Å²) in [6.07, 6.45) is 10.1. The summed E-state index contributed by atoms with van der Waals surface area (Å²) in [6, 6.07) is -0.0482. The summed E-state index contributed by atoms with van der Waals surface area (Å²) < 4.78 is 1.59. The highest BCUT2D eigenvalue weighted by atomic mass is 35.5. The van der Waals surface area contributed by atoms with Gasteiger partial charge in [-0.1, -0.05) is 51.9 Å². The average Bonchev–Trinajstić information content (AvgIpc) is 2.67. The molecule has 0 radical (unpaired) electrons. The summed E-state index contributed by atoms with van der Waals surface area (Å²) in [5.41, 5.74) is 0. The summed E-state index contributed by atoms with van der Waals surface area (Å²) in [6.45, 7) is 4.29. The van der Waals surface area contributed by atoms with Crippen molar-refractivity contribution >= 4 is 11.6 Å². The predicted octanol–water partition coefficient (Wildman–Crippen LogP) is 4.34. The van der Waals surface area contributed by atoms with Gasteiger partial charge in [0.05, 0.1) is 6.04 Å². The monoisotopic (exact) mass is 273 g/mol. The van der Waals surface area contributed by atoms with Crippen molar-refractivity contribution in [2.75, 3.05) is 0 Å². The van der Waals surface area contributed by atoms with Crippen LogP contribution in [-0.2, 0) is 0 Å². The molecule has 1 heterocycles. The van der Waals surface area contributed by atoms with Crippen LogP contribution in [0.3, 0.4) is 0 Å². The Balaban J connectivity index is 2.14. The van der Waals surface area contributed by atoms with Gasteiger partial charge in [-0.05, 0) is 24.9 Å². The Morgan fingerprint density at radius 1 is 1.17 bits per heavy atom. The Hall–Kier alpha value is -0.770. The van der Waals surface area contributed by atoms with E-state index in [1.165, 1.54) is 44.9 Å². The van der Waals surface area contributed by atoms with Crippen LogP contribution in [0.25, 0.3) is 0 Å². The van der Waals surface area contributed by atoms with Crippen LogP contribution < -0.4 is 0 Å². The maximum Gasteiger partial charge on any atom is 0.334 e. The molecule has 0 amide bonds. The second-order valence-electron chi connectivity index (χ2n) is 4.88. The van der Waals surface area contributed by atoms with Gasteiger partial charge in [0, 0.05) is 0 Å². The number of hydrogen-bond acceptors (Lipinski definition) is 3. The number of halogens is 1. The van der Waals surface area contributed by atoms with Gasteiger partial charge in [-0.25, -0.2) is 4.68 Å². The topological polar surface area (TPSA) is 50.9 Å². The normalized spacial score (nSPS) is 12.8. The van der Waals surface area contributed by atoms with Gasteiger partial charge in [0.2, 0.25) is 5.28 Å². The van der Waals surface area contributed by atoms with Gasteiger partial charge >= 0.3 is 6.01 Å². The molecule has 0 spiro atoms. The first-order valence-electron chi connectivity index (χ1n) is 6.96. The number of unbranched alkanes of at least 4 members (excludes halogenated alkanes) is 6. The first-order valence-corrected chi connectivity index (χ1v) is 7.34. The molecular formula is C13H24ClN3O. The standard InChI is InChI=1S/C13H24ClN3O/c1-3-4-5-6-7-8-9-10-11(2)17-12(14)15-13(18)16-17/h11H,3-10H2,1-2H3,(H,16,18). The SMILES string of the molecule is CCCCCCCCCC(C)n1nc(O)nc1Cl. The molecule has 5 heteroatoms. The number of hydrogen-bond donors (Lipinski definition) is 1. The molecular weight excluding hydrogens is 250 g/mol. The molecule has 18 heavy (non-hydrogen) atoms. The minimum Gasteiger partial charge on any atom is -0.478 e. The zero-order chi connectivity index (χ0) is 13.4. The lowest BCUT2D eigenvalue weighted by Crippen LogP contribution is -2.07. The highest BCUT2D eigenvalue weighted by molar-refractivity contribution is 6.28. The quantitative estimate of drug-likeness (QED) is 0.681. The van der Waals surface area contributed by atoms with Crippen molar-refractivity contribution in [2.45, 2.75) is 71.3 Å². The van der Waals surface area contributed by atoms with Gasteiger partial charge in [0.25, 0.3) is 0 Å². The molecule has 0 aliphatic heterocycles. The van der Waals surface area contributed by atoms with E-state index < -0.39 is 0 Å². The van der Waals surface area contributed by atoms with E-state index in [4.69, 9.17) is 16.7 Å². The molecule has 0 bridgehead atoms. The average molecular weight is 274 g/mol. The van der Waals surface area contributed by atoms with Gasteiger partial charge in [0.15, 0.2) is 0 Å². The Morgan fingerprint density at radius 3 is 2.33 bits per heavy atom. The zero-order valence-corrected chi connectivity index (χ0v) is 12.2. The molecule has 4 nitrogen and oxygen atoms in total. The highest BCUT2D eigenvalue weighted by Gasteiger charge is 2.12. The van der Waals surface area contributed by atoms with Crippen molar-refractivity contribution in [3.8, 4) is 6.01 Å². The molecule has 104 valence electrons. The Bertz CT molecular complexity index is 341. The second-order valence-corrected chi connectivity index (χ2v) is 5.22. The Labute approximate surface area is 114 Å². The fourth-order valence-corrected chi connectivity index (χ4v) is 2.37. The van der Waals surface area contributed by atoms with Crippen molar-refractivity contribution in [1.82, 2.24) is 14.8 Å². The van der Waals surface area contributed by atoms with Crippen LogP contribution >= 0.6 is 11.6 Å². The summed E-state index contributed by atoms with van der Waals surface area (Å²) in [5, 5.41) is 13.3. The van der Waals surface area contributed by atoms with Gasteiger partial charge < -0.3 is 5.11 Å². The van der Waals surface area contributed by atoms with Gasteiger partial charge in [-0.2, -0.15) is 4.98 Å². The van der Waals surface area contributed by atoms with Crippen LogP contribution in [0, 0.1) is 0 Å². The molecule has 0 aromatic carbocycles. The van der Waals surface area contributed by atoms with E-state index >= 15 is 0 Å². The smallest absolute Gasteiger partial charge is 0.334 e. The molecule has 1 aromatic heterocycles. The van der Waals surface area contributed by atoms with Gasteiger partial charge in [-0.15, -0.1) is 5.10 Å². The Kier molecular flexibility index (Phi) is 7.09. The fraction of sp³-hybridized carbons (Fsp3) is 0.846. The second kappa shape index (κ2) is 8.35. The van der Waals surface area contributed by atoms with Crippen LogP contribution in [-0.4, -0.2) is 19.9 Å². The molecule has 1 rings (SSSR count). The first kappa shape index (κ1) is 15.3. The van der Waals surface area contributed by atoms with E-state index in [0.29, 0.717) is 0 Å². The molecule has 1 N–H and O–H groups in total. The van der Waals surface area contributed by atoms with Crippen molar-refractivity contribution in [3.05, 3.63) is 5.28 Å². The van der Waals surface area contributed by atoms with Gasteiger partial charge in [-0.3, -0.25) is 0 Å². The summed E-state index contributed by atoms with van der Waals surface area (Å²) in [5.74, 6) is 0. The molecule has 0 saturated heterocycles. The summed E-state index contributed by atoms with van der Waals surface area (Å²) in [4.78, 5) is 3.68. The molecule has 1 atom stereocenters. The number of rotatable bonds is 9. The Morgan fingerprint density at radius 2 is 1.78 bits per heavy atom. The van der Waals surface area contributed by atoms with Crippen LogP contribution in [0.1, 0.15) is 71.3 Å². The van der Waals surface area contributed by atoms with E-state index in [1.807, 2.05) is 0 Å². The molecule has 0 aliphatic carbocycles. The van der Waals surface area contributed by atoms with Crippen LogP contribution in [0.2, 0.25) is 5.28 Å². The van der Waals surface area contributed by atoms with Crippen molar-refractivity contribution in [2.24, 2.45) is 0 Å². The maximum absolute atomic E-state index is 9.15. The van der Waals surface area contributed by atoms with Gasteiger partial charge in [0.1, 0.15) is 0 Å². The predicted molar refractivity (Wildman–Crippen MR) is 74.0 cm³/mol. The summed E-state index contributed by atoms with van der Waals surface area (Å²) >= 11 is 5.87. The zero-order valence-electron chi connectivity index (χ0n) is 11.4. The molecule has 0 saturated carbocycles. The van der Waals surface area contributed by atoms with Crippen molar-refractivity contribution in [3.63, 3.8) is 0 Å². The highest BCUT2D eigenvalue weighted by Crippen LogP contribution is 2.21. The lowest BCUT2D eigenvalue weighted by Gasteiger charge is -2.11. The third-order valence-corrected chi connectivity index (χ3v) is 3.48. The summed E-state index contributed by atoms with van der Waals surface area (Å²) in [7, 11) is 0. The number of aromatic hydroxyl groups is 1. The van der Waals surface area contributed by atoms with E-state index in [-0.39, 0.29) is 17.3 Å². The largest absolute Gasteiger partial charge is 0.478 e. The fourth-order valence-electron chi connectivity index (χ4n) is 2.09. The maximum atomic E-state index is 9.15. The van der Waals surface area contributed by atoms with Crippen molar-refractivity contribution < 1.29 is 5.11 Å².